The Balaban J connectivity index is 2.47. The minimum atomic E-state index is -0.803. The molecule has 0 heterocycles. The summed E-state index contributed by atoms with van der Waals surface area (Å²) in [5.74, 6) is 0.0801. The molecule has 0 aliphatic heterocycles. The Bertz CT molecular complexity index is 283. The van der Waals surface area contributed by atoms with Gasteiger partial charge in [-0.1, -0.05) is 12.8 Å². The van der Waals surface area contributed by atoms with Crippen molar-refractivity contribution >= 4 is 11.9 Å². The fourth-order valence-electron chi connectivity index (χ4n) is 2.56. The topological polar surface area (TPSA) is 101 Å². The summed E-state index contributed by atoms with van der Waals surface area (Å²) in [6.45, 7) is 0.830. The van der Waals surface area contributed by atoms with Crippen LogP contribution in [0.3, 0.4) is 0 Å². The van der Waals surface area contributed by atoms with Crippen LogP contribution in [-0.4, -0.2) is 43.0 Å². The molecule has 1 aliphatic rings. The van der Waals surface area contributed by atoms with E-state index in [0.717, 1.165) is 12.8 Å². The highest BCUT2D eigenvalue weighted by molar-refractivity contribution is 5.94. The van der Waals surface area contributed by atoms with Crippen molar-refractivity contribution in [3.63, 3.8) is 0 Å². The second-order valence-electron chi connectivity index (χ2n) is 4.68. The number of nitrogens with one attached hydrogen (secondary N) is 1. The lowest BCUT2D eigenvalue weighted by Gasteiger charge is -2.37. The fourth-order valence-corrected chi connectivity index (χ4v) is 2.56. The van der Waals surface area contributed by atoms with Crippen molar-refractivity contribution in [1.29, 1.82) is 0 Å². The maximum absolute atomic E-state index is 11.4. The average molecular weight is 242 g/mol. The molecule has 0 aromatic rings. The lowest BCUT2D eigenvalue weighted by atomic mass is 9.84. The molecule has 0 radical (unpaired) electrons. The van der Waals surface area contributed by atoms with Crippen LogP contribution in [0.5, 0.6) is 0 Å². The first-order valence-corrected chi connectivity index (χ1v) is 6.04. The smallest absolute Gasteiger partial charge is 0.318 e. The first-order valence-electron chi connectivity index (χ1n) is 6.04. The molecule has 6 nitrogen and oxygen atoms in total. The van der Waals surface area contributed by atoms with Gasteiger partial charge in [0.15, 0.2) is 0 Å². The molecule has 6 heteroatoms. The molecule has 1 aliphatic carbocycles. The van der Waals surface area contributed by atoms with Gasteiger partial charge in [0.2, 0.25) is 5.91 Å². The molecule has 2 atom stereocenters. The van der Waals surface area contributed by atoms with Crippen molar-refractivity contribution in [2.24, 2.45) is 17.4 Å². The van der Waals surface area contributed by atoms with E-state index in [0.29, 0.717) is 18.5 Å². The molecule has 0 bridgehead atoms. The van der Waals surface area contributed by atoms with E-state index >= 15 is 0 Å². The summed E-state index contributed by atoms with van der Waals surface area (Å²) in [6, 6.07) is -0.477. The fraction of sp³-hybridized carbons (Fsp3) is 0.818. The SMILES string of the molecule is CN(CC(=O)NC(N)=O)C1CCCCC1CN. The molecule has 3 amide bonds. The van der Waals surface area contributed by atoms with E-state index in [1.807, 2.05) is 11.9 Å². The molecule has 5 N–H and O–H groups in total. The Labute approximate surface area is 102 Å². The van der Waals surface area contributed by atoms with E-state index in [1.54, 1.807) is 0 Å². The van der Waals surface area contributed by atoms with Gasteiger partial charge >= 0.3 is 6.03 Å². The van der Waals surface area contributed by atoms with Crippen LogP contribution in [0.1, 0.15) is 25.7 Å². The zero-order chi connectivity index (χ0) is 12.8. The zero-order valence-corrected chi connectivity index (χ0v) is 10.3. The Morgan fingerprint density at radius 1 is 1.35 bits per heavy atom. The number of carbonyl (C=O) groups is 2. The van der Waals surface area contributed by atoms with E-state index in [2.05, 4.69) is 5.32 Å². The lowest BCUT2D eigenvalue weighted by Crippen LogP contribution is -2.48. The Morgan fingerprint density at radius 3 is 2.59 bits per heavy atom. The summed E-state index contributed by atoms with van der Waals surface area (Å²) >= 11 is 0. The van der Waals surface area contributed by atoms with Gasteiger partial charge in [0, 0.05) is 6.04 Å². The number of nitrogens with two attached hydrogens (primary N) is 2. The van der Waals surface area contributed by atoms with Crippen molar-refractivity contribution in [2.45, 2.75) is 31.7 Å². The second-order valence-corrected chi connectivity index (χ2v) is 4.68. The first kappa shape index (κ1) is 13.9. The molecule has 1 rings (SSSR count). The van der Waals surface area contributed by atoms with Gasteiger partial charge in [-0.05, 0) is 32.4 Å². The van der Waals surface area contributed by atoms with E-state index in [1.165, 1.54) is 12.8 Å². The number of primary amides is 1. The number of hydrogen-bond donors (Lipinski definition) is 3. The number of imide groups is 1. The minimum Gasteiger partial charge on any atom is -0.351 e. The maximum Gasteiger partial charge on any atom is 0.318 e. The molecule has 0 aromatic carbocycles. The highest BCUT2D eigenvalue weighted by atomic mass is 16.2. The number of hydrogen-bond acceptors (Lipinski definition) is 4. The third-order valence-electron chi connectivity index (χ3n) is 3.39. The number of likely N-dealkylation sites (N-methyl/N-ethyl adjacent to an activating group) is 1. The summed E-state index contributed by atoms with van der Waals surface area (Å²) in [4.78, 5) is 23.9. The first-order chi connectivity index (χ1) is 8.04. The van der Waals surface area contributed by atoms with E-state index < -0.39 is 6.03 Å². The van der Waals surface area contributed by atoms with Gasteiger partial charge in [-0.3, -0.25) is 15.0 Å². The summed E-state index contributed by atoms with van der Waals surface area (Å²) < 4.78 is 0. The molecule has 1 fully saturated rings. The molecular formula is C11H22N4O2. The van der Waals surface area contributed by atoms with Crippen LogP contribution in [0.15, 0.2) is 0 Å². The predicted octanol–water partition coefficient (Wildman–Crippen LogP) is -0.369. The van der Waals surface area contributed by atoms with Crippen molar-refractivity contribution in [3.05, 3.63) is 0 Å². The Hall–Kier alpha value is -1.14. The number of carbonyl (C=O) groups excluding carboxylic acids is 2. The molecule has 17 heavy (non-hydrogen) atoms. The monoisotopic (exact) mass is 242 g/mol. The van der Waals surface area contributed by atoms with Gasteiger partial charge < -0.3 is 11.5 Å². The normalized spacial score (nSPS) is 24.6. The molecule has 0 saturated heterocycles. The number of nitrogens with zero attached hydrogens (tertiary/aromatic N) is 1. The summed E-state index contributed by atoms with van der Waals surface area (Å²) in [6.07, 6.45) is 4.55. The van der Waals surface area contributed by atoms with Gasteiger partial charge in [-0.25, -0.2) is 4.79 Å². The third kappa shape index (κ3) is 4.32. The van der Waals surface area contributed by atoms with Crippen molar-refractivity contribution in [1.82, 2.24) is 10.2 Å². The summed E-state index contributed by atoms with van der Waals surface area (Å²) in [7, 11) is 1.89. The van der Waals surface area contributed by atoms with Crippen molar-refractivity contribution in [3.8, 4) is 0 Å². The maximum atomic E-state index is 11.4. The summed E-state index contributed by atoms with van der Waals surface area (Å²) in [5, 5.41) is 2.07. The number of rotatable bonds is 4. The van der Waals surface area contributed by atoms with E-state index in [-0.39, 0.29) is 12.5 Å². The Kier molecular flexibility index (Phi) is 5.37. The van der Waals surface area contributed by atoms with Gasteiger partial charge in [-0.2, -0.15) is 0 Å². The minimum absolute atomic E-state index is 0.185. The van der Waals surface area contributed by atoms with Crippen LogP contribution in [0.4, 0.5) is 4.79 Å². The molecule has 2 unspecified atom stereocenters. The molecule has 0 spiro atoms. The standard InChI is InChI=1S/C11H22N4O2/c1-15(7-10(16)14-11(13)17)9-5-3-2-4-8(9)6-12/h8-9H,2-7,12H2,1H3,(H3,13,14,16,17). The van der Waals surface area contributed by atoms with Gasteiger partial charge in [0.05, 0.1) is 6.54 Å². The molecular weight excluding hydrogens is 220 g/mol. The molecule has 0 aromatic heterocycles. The number of urea groups is 1. The second kappa shape index (κ2) is 6.56. The van der Waals surface area contributed by atoms with Crippen LogP contribution in [-0.2, 0) is 4.79 Å². The summed E-state index contributed by atoms with van der Waals surface area (Å²) in [5.41, 5.74) is 10.6. The van der Waals surface area contributed by atoms with Crippen LogP contribution in [0.25, 0.3) is 0 Å². The van der Waals surface area contributed by atoms with Crippen LogP contribution >= 0.6 is 0 Å². The van der Waals surface area contributed by atoms with Crippen LogP contribution < -0.4 is 16.8 Å². The van der Waals surface area contributed by atoms with Gasteiger partial charge in [0.1, 0.15) is 0 Å². The van der Waals surface area contributed by atoms with E-state index in [4.69, 9.17) is 11.5 Å². The van der Waals surface area contributed by atoms with Crippen molar-refractivity contribution < 1.29 is 9.59 Å². The predicted molar refractivity (Wildman–Crippen MR) is 65.2 cm³/mol. The average Bonchev–Trinajstić information content (AvgIpc) is 2.27. The van der Waals surface area contributed by atoms with Gasteiger partial charge in [0.25, 0.3) is 0 Å². The lowest BCUT2D eigenvalue weighted by molar-refractivity contribution is -0.121. The molecule has 1 saturated carbocycles. The third-order valence-corrected chi connectivity index (χ3v) is 3.39. The van der Waals surface area contributed by atoms with Crippen LogP contribution in [0.2, 0.25) is 0 Å². The van der Waals surface area contributed by atoms with E-state index in [9.17, 15) is 9.59 Å². The highest BCUT2D eigenvalue weighted by Gasteiger charge is 2.28. The quantitative estimate of drug-likeness (QED) is 0.626. The largest absolute Gasteiger partial charge is 0.351 e. The molecule has 98 valence electrons. The highest BCUT2D eigenvalue weighted by Crippen LogP contribution is 2.26. The van der Waals surface area contributed by atoms with Crippen LogP contribution in [0, 0.1) is 5.92 Å². The van der Waals surface area contributed by atoms with Gasteiger partial charge in [-0.15, -0.1) is 0 Å². The Morgan fingerprint density at radius 2 is 2.00 bits per heavy atom. The number of amides is 3. The van der Waals surface area contributed by atoms with Crippen molar-refractivity contribution in [2.75, 3.05) is 20.1 Å². The zero-order valence-electron chi connectivity index (χ0n) is 10.3.